The van der Waals surface area contributed by atoms with Gasteiger partial charge < -0.3 is 5.11 Å². The third-order valence-corrected chi connectivity index (χ3v) is 4.77. The average molecular weight is 416 g/mol. The average Bonchev–Trinajstić information content (AvgIpc) is 2.80. The van der Waals surface area contributed by atoms with Gasteiger partial charge in [0.15, 0.2) is 5.16 Å². The Morgan fingerprint density at radius 2 is 2.05 bits per heavy atom. The van der Waals surface area contributed by atoms with Gasteiger partial charge in [-0.05, 0) is 34.7 Å². The van der Waals surface area contributed by atoms with E-state index in [1.54, 1.807) is 0 Å². The van der Waals surface area contributed by atoms with Gasteiger partial charge in [0.05, 0.1) is 17.6 Å². The van der Waals surface area contributed by atoms with Gasteiger partial charge >= 0.3 is 5.97 Å². The lowest BCUT2D eigenvalue weighted by Gasteiger charge is -2.22. The Balaban J connectivity index is 2.56. The van der Waals surface area contributed by atoms with Crippen LogP contribution < -0.4 is 0 Å². The Kier molecular flexibility index (Phi) is 4.98. The maximum Gasteiger partial charge on any atom is 0.313 e. The van der Waals surface area contributed by atoms with E-state index in [9.17, 15) is 4.79 Å². The monoisotopic (exact) mass is 416 g/mol. The highest BCUT2D eigenvalue weighted by Crippen LogP contribution is 2.32. The number of nitrogens with zero attached hydrogens (tertiary/aromatic N) is 2. The predicted molar refractivity (Wildman–Crippen MR) is 93.3 cm³/mol. The zero-order chi connectivity index (χ0) is 15.6. The van der Waals surface area contributed by atoms with E-state index in [4.69, 9.17) is 5.11 Å². The highest BCUT2D eigenvalue weighted by molar-refractivity contribution is 14.1. The maximum absolute atomic E-state index is 10.8. The first-order valence-corrected chi connectivity index (χ1v) is 8.55. The zero-order valence-electron chi connectivity index (χ0n) is 12.1. The summed E-state index contributed by atoms with van der Waals surface area (Å²) in [7, 11) is 0. The fourth-order valence-electron chi connectivity index (χ4n) is 1.96. The molecule has 0 saturated carbocycles. The first kappa shape index (κ1) is 16.4. The molecule has 21 heavy (non-hydrogen) atoms. The molecule has 0 aliphatic carbocycles. The number of para-hydroxylation sites is 1. The lowest BCUT2D eigenvalue weighted by Crippen LogP contribution is -2.17. The number of imidazole rings is 1. The molecule has 0 bridgehead atoms. The van der Waals surface area contributed by atoms with Crippen LogP contribution in [0.4, 0.5) is 0 Å². The van der Waals surface area contributed by atoms with Gasteiger partial charge in [-0.2, -0.15) is 0 Å². The summed E-state index contributed by atoms with van der Waals surface area (Å²) < 4.78 is 3.17. The summed E-state index contributed by atoms with van der Waals surface area (Å²) in [5.74, 6) is -0.834. The van der Waals surface area contributed by atoms with Crippen LogP contribution in [0.15, 0.2) is 35.6 Å². The van der Waals surface area contributed by atoms with Gasteiger partial charge in [0.1, 0.15) is 0 Å². The van der Waals surface area contributed by atoms with Crippen molar-refractivity contribution < 1.29 is 9.90 Å². The third-order valence-electron chi connectivity index (χ3n) is 2.92. The number of carbonyl (C=O) groups is 1. The molecule has 0 radical (unpaired) electrons. The largest absolute Gasteiger partial charge is 0.481 e. The van der Waals surface area contributed by atoms with E-state index in [0.29, 0.717) is 5.16 Å². The molecule has 0 spiro atoms. The lowest BCUT2D eigenvalue weighted by atomic mass is 9.92. The summed E-state index contributed by atoms with van der Waals surface area (Å²) in [6.45, 7) is 6.38. The van der Waals surface area contributed by atoms with Crippen LogP contribution in [0, 0.1) is 3.57 Å². The van der Waals surface area contributed by atoms with Crippen molar-refractivity contribution in [3.8, 4) is 5.69 Å². The fraction of sp³-hybridized carbons (Fsp3) is 0.333. The molecular weight excluding hydrogens is 399 g/mol. The molecular formula is C15H17IN2O2S. The molecule has 0 saturated heterocycles. The van der Waals surface area contributed by atoms with E-state index >= 15 is 0 Å². The van der Waals surface area contributed by atoms with Gasteiger partial charge in [-0.1, -0.05) is 44.7 Å². The number of hydrogen-bond donors (Lipinski definition) is 1. The van der Waals surface area contributed by atoms with Crippen LogP contribution in [-0.4, -0.2) is 26.4 Å². The van der Waals surface area contributed by atoms with Crippen molar-refractivity contribution in [1.29, 1.82) is 0 Å². The standard InChI is InChI=1S/C15H17IN2O2S/c1-15(2,3)12-8-17-14(21-9-13(19)20)18(12)11-7-5-4-6-10(11)16/h4-8H,9H2,1-3H3,(H,19,20). The van der Waals surface area contributed by atoms with Crippen molar-refractivity contribution in [2.75, 3.05) is 5.75 Å². The minimum absolute atomic E-state index is 0.00398. The summed E-state index contributed by atoms with van der Waals surface area (Å²) in [5.41, 5.74) is 2.03. The van der Waals surface area contributed by atoms with Crippen molar-refractivity contribution in [2.24, 2.45) is 0 Å². The number of rotatable bonds is 4. The molecule has 0 amide bonds. The molecule has 0 unspecified atom stereocenters. The molecule has 6 heteroatoms. The normalized spacial score (nSPS) is 11.6. The summed E-state index contributed by atoms with van der Waals surface area (Å²) in [5, 5.41) is 9.61. The minimum atomic E-state index is -0.838. The maximum atomic E-state index is 10.8. The van der Waals surface area contributed by atoms with Gasteiger partial charge in [-0.3, -0.25) is 9.36 Å². The first-order chi connectivity index (χ1) is 9.80. The van der Waals surface area contributed by atoms with Crippen molar-refractivity contribution in [3.05, 3.63) is 39.7 Å². The predicted octanol–water partition coefficient (Wildman–Crippen LogP) is 3.95. The summed E-state index contributed by atoms with van der Waals surface area (Å²) in [6.07, 6.45) is 1.84. The summed E-state index contributed by atoms with van der Waals surface area (Å²) >= 11 is 3.54. The van der Waals surface area contributed by atoms with Gasteiger partial charge in [-0.15, -0.1) is 0 Å². The van der Waals surface area contributed by atoms with Crippen molar-refractivity contribution >= 4 is 40.3 Å². The number of hydrogen-bond acceptors (Lipinski definition) is 3. The number of aliphatic carboxylic acids is 1. The number of carboxylic acid groups (broad SMARTS) is 1. The number of thioether (sulfide) groups is 1. The van der Waals surface area contributed by atoms with E-state index < -0.39 is 5.97 Å². The number of carboxylic acids is 1. The van der Waals surface area contributed by atoms with Crippen LogP contribution in [0.1, 0.15) is 26.5 Å². The molecule has 1 heterocycles. The van der Waals surface area contributed by atoms with Gasteiger partial charge in [0, 0.05) is 14.7 Å². The Hall–Kier alpha value is -1.02. The number of benzene rings is 1. The van der Waals surface area contributed by atoms with Crippen molar-refractivity contribution in [2.45, 2.75) is 31.3 Å². The molecule has 0 aliphatic heterocycles. The molecule has 0 aliphatic rings. The lowest BCUT2D eigenvalue weighted by molar-refractivity contribution is -0.133. The highest BCUT2D eigenvalue weighted by atomic mass is 127. The number of halogens is 1. The van der Waals surface area contributed by atoms with E-state index in [0.717, 1.165) is 15.0 Å². The van der Waals surface area contributed by atoms with Gasteiger partial charge in [0.2, 0.25) is 0 Å². The van der Waals surface area contributed by atoms with Crippen LogP contribution in [-0.2, 0) is 10.2 Å². The molecule has 1 aromatic heterocycles. The summed E-state index contributed by atoms with van der Waals surface area (Å²) in [4.78, 5) is 15.3. The van der Waals surface area contributed by atoms with Crippen molar-refractivity contribution in [1.82, 2.24) is 9.55 Å². The van der Waals surface area contributed by atoms with Crippen LogP contribution in [0.25, 0.3) is 5.69 Å². The van der Waals surface area contributed by atoms with Crippen LogP contribution in [0.3, 0.4) is 0 Å². The SMILES string of the molecule is CC(C)(C)c1cnc(SCC(=O)O)n1-c1ccccc1I. The van der Waals surface area contributed by atoms with Gasteiger partial charge in [-0.25, -0.2) is 4.98 Å². The van der Waals surface area contributed by atoms with Crippen molar-refractivity contribution in [3.63, 3.8) is 0 Å². The molecule has 1 N–H and O–H groups in total. The third kappa shape index (κ3) is 3.79. The zero-order valence-corrected chi connectivity index (χ0v) is 15.1. The Morgan fingerprint density at radius 1 is 1.38 bits per heavy atom. The second-order valence-corrected chi connectivity index (χ2v) is 7.75. The van der Waals surface area contributed by atoms with Crippen LogP contribution >= 0.6 is 34.4 Å². The van der Waals surface area contributed by atoms with Crippen LogP contribution in [0.2, 0.25) is 0 Å². The molecule has 0 fully saturated rings. The topological polar surface area (TPSA) is 55.1 Å². The quantitative estimate of drug-likeness (QED) is 0.606. The Bertz CT molecular complexity index is 662. The van der Waals surface area contributed by atoms with E-state index in [2.05, 4.69) is 52.9 Å². The fourth-order valence-corrected chi connectivity index (χ4v) is 3.29. The number of aromatic nitrogens is 2. The molecule has 4 nitrogen and oxygen atoms in total. The molecule has 0 atom stereocenters. The van der Waals surface area contributed by atoms with E-state index in [1.165, 1.54) is 11.8 Å². The minimum Gasteiger partial charge on any atom is -0.481 e. The molecule has 1 aromatic carbocycles. The second kappa shape index (κ2) is 6.39. The first-order valence-electron chi connectivity index (χ1n) is 6.48. The molecule has 2 aromatic rings. The Labute approximate surface area is 142 Å². The van der Waals surface area contributed by atoms with Crippen LogP contribution in [0.5, 0.6) is 0 Å². The second-order valence-electron chi connectivity index (χ2n) is 5.65. The molecule has 112 valence electrons. The molecule has 2 rings (SSSR count). The van der Waals surface area contributed by atoms with Gasteiger partial charge in [0.25, 0.3) is 0 Å². The van der Waals surface area contributed by atoms with E-state index in [1.807, 2.05) is 30.5 Å². The Morgan fingerprint density at radius 3 is 2.62 bits per heavy atom. The smallest absolute Gasteiger partial charge is 0.313 e. The van der Waals surface area contributed by atoms with E-state index in [-0.39, 0.29) is 11.2 Å². The summed E-state index contributed by atoms with van der Waals surface area (Å²) in [6, 6.07) is 8.04. The highest BCUT2D eigenvalue weighted by Gasteiger charge is 2.24.